The second kappa shape index (κ2) is 4.09. The van der Waals surface area contributed by atoms with E-state index in [2.05, 4.69) is 39.0 Å². The van der Waals surface area contributed by atoms with Gasteiger partial charge in [-0.25, -0.2) is 0 Å². The number of rotatable bonds is 3. The molecule has 0 aliphatic heterocycles. The summed E-state index contributed by atoms with van der Waals surface area (Å²) in [6, 6.07) is 6.27. The van der Waals surface area contributed by atoms with Gasteiger partial charge in [-0.05, 0) is 50.3 Å². The van der Waals surface area contributed by atoms with Crippen LogP contribution in [0.2, 0.25) is 0 Å². The first-order valence-corrected chi connectivity index (χ1v) is 5.55. The van der Waals surface area contributed by atoms with Crippen molar-refractivity contribution in [3.05, 3.63) is 40.5 Å². The van der Waals surface area contributed by atoms with Gasteiger partial charge in [0.1, 0.15) is 12.4 Å². The van der Waals surface area contributed by atoms with Crippen molar-refractivity contribution >= 4 is 0 Å². The third-order valence-corrected chi connectivity index (χ3v) is 2.95. The highest BCUT2D eigenvalue weighted by Crippen LogP contribution is 2.32. The first-order valence-electron chi connectivity index (χ1n) is 5.55. The SMILES string of the molecule is CC(COc1c(C)cccc1C)=C1CC1. The van der Waals surface area contributed by atoms with Gasteiger partial charge in [-0.15, -0.1) is 0 Å². The van der Waals surface area contributed by atoms with Gasteiger partial charge in [-0.1, -0.05) is 23.8 Å². The zero-order chi connectivity index (χ0) is 10.8. The first kappa shape index (κ1) is 10.3. The minimum absolute atomic E-state index is 0.751. The van der Waals surface area contributed by atoms with Gasteiger partial charge in [0, 0.05) is 0 Å². The molecule has 1 saturated carbocycles. The molecule has 1 aromatic carbocycles. The summed E-state index contributed by atoms with van der Waals surface area (Å²) in [7, 11) is 0. The average Bonchev–Trinajstić information content (AvgIpc) is 2.99. The van der Waals surface area contributed by atoms with E-state index >= 15 is 0 Å². The molecule has 0 N–H and O–H groups in total. The summed E-state index contributed by atoms with van der Waals surface area (Å²) in [6.45, 7) is 7.13. The van der Waals surface area contributed by atoms with Gasteiger partial charge in [0.15, 0.2) is 0 Å². The van der Waals surface area contributed by atoms with Gasteiger partial charge in [-0.3, -0.25) is 0 Å². The lowest BCUT2D eigenvalue weighted by Gasteiger charge is -2.11. The fourth-order valence-electron chi connectivity index (χ4n) is 1.80. The van der Waals surface area contributed by atoms with Crippen LogP contribution in [0.1, 0.15) is 30.9 Å². The molecule has 1 fully saturated rings. The van der Waals surface area contributed by atoms with Crippen molar-refractivity contribution in [3.8, 4) is 5.75 Å². The van der Waals surface area contributed by atoms with Crippen LogP contribution in [0.15, 0.2) is 29.3 Å². The highest BCUT2D eigenvalue weighted by molar-refractivity contribution is 5.40. The zero-order valence-electron chi connectivity index (χ0n) is 9.76. The number of hydrogen-bond donors (Lipinski definition) is 0. The Hall–Kier alpha value is -1.24. The van der Waals surface area contributed by atoms with Crippen LogP contribution in [0.4, 0.5) is 0 Å². The van der Waals surface area contributed by atoms with E-state index < -0.39 is 0 Å². The topological polar surface area (TPSA) is 9.23 Å². The Kier molecular flexibility index (Phi) is 2.81. The Bertz CT molecular complexity index is 376. The summed E-state index contributed by atoms with van der Waals surface area (Å²) in [5, 5.41) is 0. The molecule has 1 aliphatic carbocycles. The summed E-state index contributed by atoms with van der Waals surface area (Å²) >= 11 is 0. The average molecular weight is 202 g/mol. The Morgan fingerprint density at radius 1 is 1.20 bits per heavy atom. The van der Waals surface area contributed by atoms with E-state index in [9.17, 15) is 0 Å². The van der Waals surface area contributed by atoms with E-state index in [4.69, 9.17) is 4.74 Å². The molecule has 0 radical (unpaired) electrons. The molecule has 15 heavy (non-hydrogen) atoms. The van der Waals surface area contributed by atoms with Gasteiger partial charge in [-0.2, -0.15) is 0 Å². The summed E-state index contributed by atoms with van der Waals surface area (Å²) < 4.78 is 5.87. The first-order chi connectivity index (χ1) is 7.18. The largest absolute Gasteiger partial charge is 0.489 e. The molecule has 0 bridgehead atoms. The van der Waals surface area contributed by atoms with Crippen LogP contribution in [0.3, 0.4) is 0 Å². The standard InChI is InChI=1S/C14H18O/c1-10-5-4-6-11(2)14(10)15-9-12(3)13-7-8-13/h4-6H,7-9H2,1-3H3. The molecule has 0 spiro atoms. The third-order valence-electron chi connectivity index (χ3n) is 2.95. The molecule has 2 rings (SSSR count). The van der Waals surface area contributed by atoms with Crippen molar-refractivity contribution in [2.45, 2.75) is 33.6 Å². The molecule has 80 valence electrons. The molecule has 0 heterocycles. The third kappa shape index (κ3) is 2.41. The molecule has 1 nitrogen and oxygen atoms in total. The van der Waals surface area contributed by atoms with Crippen LogP contribution in [0.25, 0.3) is 0 Å². The molecule has 0 unspecified atom stereocenters. The zero-order valence-corrected chi connectivity index (χ0v) is 9.76. The number of benzene rings is 1. The van der Waals surface area contributed by atoms with Crippen molar-refractivity contribution < 1.29 is 4.74 Å². The van der Waals surface area contributed by atoms with Crippen LogP contribution in [0, 0.1) is 13.8 Å². The summed E-state index contributed by atoms with van der Waals surface area (Å²) in [5.74, 6) is 1.05. The summed E-state index contributed by atoms with van der Waals surface area (Å²) in [4.78, 5) is 0. The molecule has 0 saturated heterocycles. The van der Waals surface area contributed by atoms with Crippen LogP contribution in [0.5, 0.6) is 5.75 Å². The lowest BCUT2D eigenvalue weighted by atomic mass is 10.1. The van der Waals surface area contributed by atoms with E-state index in [1.54, 1.807) is 5.57 Å². The van der Waals surface area contributed by atoms with Crippen molar-refractivity contribution in [1.29, 1.82) is 0 Å². The van der Waals surface area contributed by atoms with Gasteiger partial charge >= 0.3 is 0 Å². The van der Waals surface area contributed by atoms with E-state index in [0.29, 0.717) is 0 Å². The van der Waals surface area contributed by atoms with Crippen LogP contribution >= 0.6 is 0 Å². The maximum absolute atomic E-state index is 5.87. The van der Waals surface area contributed by atoms with Crippen LogP contribution in [-0.4, -0.2) is 6.61 Å². The lowest BCUT2D eigenvalue weighted by molar-refractivity contribution is 0.347. The molecule has 1 heteroatoms. The fraction of sp³-hybridized carbons (Fsp3) is 0.429. The van der Waals surface area contributed by atoms with Gasteiger partial charge in [0.25, 0.3) is 0 Å². The van der Waals surface area contributed by atoms with Crippen LogP contribution in [-0.2, 0) is 0 Å². The highest BCUT2D eigenvalue weighted by Gasteiger charge is 2.15. The fourth-order valence-corrected chi connectivity index (χ4v) is 1.80. The van der Waals surface area contributed by atoms with Gasteiger partial charge < -0.3 is 4.74 Å². The summed E-state index contributed by atoms with van der Waals surface area (Å²) in [5.41, 5.74) is 5.45. The van der Waals surface area contributed by atoms with E-state index in [1.807, 2.05) is 0 Å². The normalized spacial score (nSPS) is 13.9. The van der Waals surface area contributed by atoms with E-state index in [1.165, 1.54) is 29.5 Å². The van der Waals surface area contributed by atoms with E-state index in [-0.39, 0.29) is 0 Å². The number of para-hydroxylation sites is 1. The van der Waals surface area contributed by atoms with Crippen molar-refractivity contribution in [3.63, 3.8) is 0 Å². The maximum Gasteiger partial charge on any atom is 0.125 e. The molecule has 0 amide bonds. The maximum atomic E-state index is 5.87. The lowest BCUT2D eigenvalue weighted by Crippen LogP contribution is -2.01. The molecule has 0 aromatic heterocycles. The van der Waals surface area contributed by atoms with Crippen molar-refractivity contribution in [2.24, 2.45) is 0 Å². The summed E-state index contributed by atoms with van der Waals surface area (Å²) in [6.07, 6.45) is 2.56. The minimum atomic E-state index is 0.751. The van der Waals surface area contributed by atoms with Crippen molar-refractivity contribution in [1.82, 2.24) is 0 Å². The molecule has 0 atom stereocenters. The van der Waals surface area contributed by atoms with Gasteiger partial charge in [0.05, 0.1) is 0 Å². The Morgan fingerprint density at radius 3 is 2.33 bits per heavy atom. The second-order valence-corrected chi connectivity index (χ2v) is 4.39. The quantitative estimate of drug-likeness (QED) is 0.677. The van der Waals surface area contributed by atoms with Gasteiger partial charge in [0.2, 0.25) is 0 Å². The predicted octanol–water partition coefficient (Wildman–Crippen LogP) is 3.79. The van der Waals surface area contributed by atoms with Crippen LogP contribution < -0.4 is 4.74 Å². The predicted molar refractivity (Wildman–Crippen MR) is 63.3 cm³/mol. The number of aryl methyl sites for hydroxylation is 2. The monoisotopic (exact) mass is 202 g/mol. The highest BCUT2D eigenvalue weighted by atomic mass is 16.5. The smallest absolute Gasteiger partial charge is 0.125 e. The number of allylic oxidation sites excluding steroid dienone is 1. The Morgan fingerprint density at radius 2 is 1.80 bits per heavy atom. The Labute approximate surface area is 91.8 Å². The Balaban J connectivity index is 2.07. The second-order valence-electron chi connectivity index (χ2n) is 4.39. The molecule has 1 aromatic rings. The van der Waals surface area contributed by atoms with Crippen molar-refractivity contribution in [2.75, 3.05) is 6.61 Å². The molecular formula is C14H18O. The molecular weight excluding hydrogens is 184 g/mol. The van der Waals surface area contributed by atoms with E-state index in [0.717, 1.165) is 12.4 Å². The number of ether oxygens (including phenoxy) is 1. The minimum Gasteiger partial charge on any atom is -0.489 e. The molecule has 1 aliphatic rings. The number of hydrogen-bond acceptors (Lipinski definition) is 1.